The Hall–Kier alpha value is -3.17. The molecule has 3 aliphatic heterocycles. The molecule has 252 valence electrons. The molecule has 0 bridgehead atoms. The minimum absolute atomic E-state index is 0.0181. The van der Waals surface area contributed by atoms with Crippen molar-refractivity contribution in [3.63, 3.8) is 0 Å². The van der Waals surface area contributed by atoms with Gasteiger partial charge in [0.05, 0.1) is 55.8 Å². The number of anilines is 1. The smallest absolute Gasteiger partial charge is 0.291 e. The predicted molar refractivity (Wildman–Crippen MR) is 163 cm³/mol. The molecule has 3 fully saturated rings. The van der Waals surface area contributed by atoms with Crippen LogP contribution in [-0.2, 0) is 26.1 Å². The van der Waals surface area contributed by atoms with Gasteiger partial charge in [0, 0.05) is 25.6 Å². The van der Waals surface area contributed by atoms with Gasteiger partial charge in [0.15, 0.2) is 0 Å². The van der Waals surface area contributed by atoms with Crippen molar-refractivity contribution < 1.29 is 40.5 Å². The van der Waals surface area contributed by atoms with E-state index in [0.717, 1.165) is 43.7 Å². The van der Waals surface area contributed by atoms with Crippen LogP contribution in [0.3, 0.4) is 0 Å². The van der Waals surface area contributed by atoms with Crippen LogP contribution >= 0.6 is 11.6 Å². The number of carbonyl (C=O) groups excluding carboxylic acids is 2. The fourth-order valence-electron chi connectivity index (χ4n) is 6.28. The number of carbonyl (C=O) groups is 2. The number of amides is 2. The average Bonchev–Trinajstić information content (AvgIpc) is 2.97. The van der Waals surface area contributed by atoms with Gasteiger partial charge in [0.1, 0.15) is 17.1 Å². The van der Waals surface area contributed by atoms with Gasteiger partial charge in [-0.3, -0.25) is 14.1 Å². The van der Waals surface area contributed by atoms with Crippen molar-refractivity contribution >= 4 is 39.5 Å². The van der Waals surface area contributed by atoms with Crippen LogP contribution in [0.4, 0.5) is 19.1 Å². The van der Waals surface area contributed by atoms with Crippen molar-refractivity contribution in [2.75, 3.05) is 50.0 Å². The molecule has 46 heavy (non-hydrogen) atoms. The molecule has 0 atom stereocenters. The molecule has 3 saturated heterocycles. The molecule has 1 aromatic carbocycles. The second-order valence-electron chi connectivity index (χ2n) is 12.3. The normalized spacial score (nSPS) is 19.1. The predicted octanol–water partition coefficient (Wildman–Crippen LogP) is 4.00. The number of likely N-dealkylation sites (tertiary alicyclic amines) is 2. The number of piperidine rings is 1. The Labute approximate surface area is 270 Å². The summed E-state index contributed by atoms with van der Waals surface area (Å²) in [5.41, 5.74) is -1.69. The number of halogens is 4. The first kappa shape index (κ1) is 34.2. The maximum Gasteiger partial charge on any atom is 0.291 e. The van der Waals surface area contributed by atoms with Crippen molar-refractivity contribution in [2.24, 2.45) is 5.92 Å². The fraction of sp³-hybridized carbons (Fsp3) is 0.600. The minimum atomic E-state index is -4.17. The summed E-state index contributed by atoms with van der Waals surface area (Å²) in [5, 5.41) is 0.501. The molecule has 2 amide bonds. The highest BCUT2D eigenvalue weighted by molar-refractivity contribution is 7.85. The highest BCUT2D eigenvalue weighted by Crippen LogP contribution is 2.50. The summed E-state index contributed by atoms with van der Waals surface area (Å²) in [6.07, 6.45) is 6.62. The Morgan fingerprint density at radius 2 is 1.74 bits per heavy atom. The molecule has 0 aliphatic carbocycles. The number of benzene rings is 1. The number of hydrogen-bond donors (Lipinski definition) is 1. The van der Waals surface area contributed by atoms with E-state index in [9.17, 15) is 31.2 Å². The van der Waals surface area contributed by atoms with Gasteiger partial charge in [-0.2, -0.15) is 8.42 Å². The molecule has 0 unspecified atom stereocenters. The standard InChI is InChI=1S/C30H37ClF3N5O6S/c31-23-16-35-28(36-17-23)37-10-8-21(9-11-37)4-3-12-45-24-7-6-22(25(32)15-24)14-27(41)38-18-29(19-38)30(33,34)20-39(29)26(40)5-1-2-13-46(42,43)44/h6-7,15-17,21H,1-5,8-14,18-20H2,(H,42,43,44). The van der Waals surface area contributed by atoms with Gasteiger partial charge in [-0.05, 0) is 56.1 Å². The molecule has 2 aromatic rings. The minimum Gasteiger partial charge on any atom is -0.493 e. The fourth-order valence-corrected chi connectivity index (χ4v) is 6.94. The van der Waals surface area contributed by atoms with Crippen LogP contribution in [0.2, 0.25) is 5.02 Å². The highest BCUT2D eigenvalue weighted by atomic mass is 35.5. The van der Waals surface area contributed by atoms with Crippen LogP contribution in [0.15, 0.2) is 30.6 Å². The van der Waals surface area contributed by atoms with Crippen LogP contribution in [-0.4, -0.2) is 101 Å². The Balaban J connectivity index is 1.02. The van der Waals surface area contributed by atoms with Gasteiger partial charge in [-0.1, -0.05) is 17.7 Å². The summed E-state index contributed by atoms with van der Waals surface area (Å²) in [6.45, 7) is 0.619. The lowest BCUT2D eigenvalue weighted by Crippen LogP contribution is -2.88. The second kappa shape index (κ2) is 13.9. The van der Waals surface area contributed by atoms with E-state index in [1.54, 1.807) is 18.5 Å². The van der Waals surface area contributed by atoms with E-state index in [4.69, 9.17) is 20.9 Å². The van der Waals surface area contributed by atoms with Gasteiger partial charge < -0.3 is 19.4 Å². The molecular formula is C30H37ClF3N5O6S. The Morgan fingerprint density at radius 1 is 1.04 bits per heavy atom. The number of ether oxygens (including phenoxy) is 1. The Bertz CT molecular complexity index is 1520. The molecule has 0 saturated carbocycles. The van der Waals surface area contributed by atoms with Gasteiger partial charge in [0.25, 0.3) is 16.0 Å². The van der Waals surface area contributed by atoms with Crippen molar-refractivity contribution in [1.29, 1.82) is 0 Å². The molecule has 3 aliphatic rings. The quantitative estimate of drug-likeness (QED) is 0.245. The zero-order valence-electron chi connectivity index (χ0n) is 25.2. The first-order valence-electron chi connectivity index (χ1n) is 15.3. The third kappa shape index (κ3) is 7.85. The lowest BCUT2D eigenvalue weighted by atomic mass is 9.73. The van der Waals surface area contributed by atoms with E-state index in [1.807, 2.05) is 0 Å². The SMILES string of the molecule is O=C(Cc1ccc(OCCCC2CCN(c3ncc(Cl)cn3)CC2)cc1F)N1CC2(C1)N(C(=O)CCCCS(=O)(=O)O)CC2(F)F. The first-order chi connectivity index (χ1) is 21.8. The van der Waals surface area contributed by atoms with Crippen LogP contribution in [0.5, 0.6) is 5.75 Å². The number of rotatable bonds is 13. The third-order valence-corrected chi connectivity index (χ3v) is 10.1. The van der Waals surface area contributed by atoms with E-state index in [-0.39, 0.29) is 44.3 Å². The zero-order valence-corrected chi connectivity index (χ0v) is 26.8. The highest BCUT2D eigenvalue weighted by Gasteiger charge is 2.74. The van der Waals surface area contributed by atoms with E-state index in [1.165, 1.54) is 17.0 Å². The molecule has 1 aromatic heterocycles. The van der Waals surface area contributed by atoms with Crippen LogP contribution in [0.25, 0.3) is 0 Å². The molecule has 0 radical (unpaired) electrons. The second-order valence-corrected chi connectivity index (χ2v) is 14.3. The van der Waals surface area contributed by atoms with Crippen molar-refractivity contribution in [2.45, 2.75) is 62.8 Å². The maximum atomic E-state index is 14.8. The van der Waals surface area contributed by atoms with Crippen LogP contribution < -0.4 is 9.64 Å². The van der Waals surface area contributed by atoms with Crippen LogP contribution in [0, 0.1) is 11.7 Å². The average molecular weight is 688 g/mol. The lowest BCUT2D eigenvalue weighted by molar-refractivity contribution is -0.279. The molecular weight excluding hydrogens is 651 g/mol. The summed E-state index contributed by atoms with van der Waals surface area (Å²) >= 11 is 5.86. The topological polar surface area (TPSA) is 133 Å². The lowest BCUT2D eigenvalue weighted by Gasteiger charge is -2.65. The summed E-state index contributed by atoms with van der Waals surface area (Å²) in [4.78, 5) is 38.3. The van der Waals surface area contributed by atoms with Crippen LogP contribution in [0.1, 0.15) is 50.5 Å². The molecule has 5 rings (SSSR count). The number of alkyl halides is 2. The summed E-state index contributed by atoms with van der Waals surface area (Å²) in [5.74, 6) is -3.87. The van der Waals surface area contributed by atoms with Gasteiger partial charge in [0.2, 0.25) is 17.8 Å². The maximum absolute atomic E-state index is 14.8. The molecule has 1 N–H and O–H groups in total. The molecule has 4 heterocycles. The van der Waals surface area contributed by atoms with Gasteiger partial charge in [-0.25, -0.2) is 23.1 Å². The molecule has 16 heteroatoms. The Kier molecular flexibility index (Phi) is 10.3. The number of unbranched alkanes of at least 4 members (excludes halogenated alkanes) is 1. The van der Waals surface area contributed by atoms with Gasteiger partial charge >= 0.3 is 0 Å². The van der Waals surface area contributed by atoms with E-state index in [2.05, 4.69) is 14.9 Å². The van der Waals surface area contributed by atoms with E-state index in [0.29, 0.717) is 29.2 Å². The summed E-state index contributed by atoms with van der Waals surface area (Å²) < 4.78 is 80.1. The van der Waals surface area contributed by atoms with Gasteiger partial charge in [-0.15, -0.1) is 0 Å². The monoisotopic (exact) mass is 687 g/mol. The summed E-state index contributed by atoms with van der Waals surface area (Å²) in [6, 6.07) is 4.25. The summed E-state index contributed by atoms with van der Waals surface area (Å²) in [7, 11) is -4.17. The largest absolute Gasteiger partial charge is 0.493 e. The van der Waals surface area contributed by atoms with E-state index >= 15 is 0 Å². The van der Waals surface area contributed by atoms with Crippen molar-refractivity contribution in [3.8, 4) is 5.75 Å². The first-order valence-corrected chi connectivity index (χ1v) is 17.3. The Morgan fingerprint density at radius 3 is 2.37 bits per heavy atom. The number of hydrogen-bond acceptors (Lipinski definition) is 8. The third-order valence-electron chi connectivity index (χ3n) is 9.05. The van der Waals surface area contributed by atoms with Crippen molar-refractivity contribution in [3.05, 3.63) is 47.0 Å². The zero-order chi connectivity index (χ0) is 33.1. The van der Waals surface area contributed by atoms with Crippen molar-refractivity contribution in [1.82, 2.24) is 19.8 Å². The van der Waals surface area contributed by atoms with E-state index < -0.39 is 51.5 Å². The molecule has 1 spiro atoms. The number of aromatic nitrogens is 2. The number of nitrogens with zero attached hydrogens (tertiary/aromatic N) is 5. The molecule has 11 nitrogen and oxygen atoms in total.